The summed E-state index contributed by atoms with van der Waals surface area (Å²) in [6.07, 6.45) is -0.735. The predicted molar refractivity (Wildman–Crippen MR) is 86.4 cm³/mol. The Morgan fingerprint density at radius 3 is 2.17 bits per heavy atom. The van der Waals surface area contributed by atoms with E-state index in [1.165, 1.54) is 31.2 Å². The van der Waals surface area contributed by atoms with Gasteiger partial charge in [0.2, 0.25) is 10.0 Å². The van der Waals surface area contributed by atoms with Crippen molar-refractivity contribution < 1.29 is 22.7 Å². The fourth-order valence-corrected chi connectivity index (χ4v) is 2.92. The molecule has 0 fully saturated rings. The summed E-state index contributed by atoms with van der Waals surface area (Å²) in [7, 11) is -3.57. The molecule has 0 unspecified atom stereocenters. The van der Waals surface area contributed by atoms with Gasteiger partial charge in [-0.1, -0.05) is 6.92 Å². The second kappa shape index (κ2) is 8.07. The summed E-state index contributed by atoms with van der Waals surface area (Å²) >= 11 is 0. The lowest BCUT2D eigenvalue weighted by Gasteiger charge is -2.13. The molecule has 0 bridgehead atoms. The van der Waals surface area contributed by atoms with Gasteiger partial charge in [0.05, 0.1) is 4.90 Å². The first-order chi connectivity index (χ1) is 10.7. The summed E-state index contributed by atoms with van der Waals surface area (Å²) in [4.78, 5) is 23.1. The maximum atomic E-state index is 12.0. The Kier molecular flexibility index (Phi) is 6.71. The smallest absolute Gasteiger partial charge is 0.306 e. The highest BCUT2D eigenvalue weighted by atomic mass is 32.2. The van der Waals surface area contributed by atoms with E-state index < -0.39 is 28.0 Å². The number of carbonyl (C=O) groups excluding carboxylic acids is 2. The number of rotatable bonds is 7. The number of amides is 1. The van der Waals surface area contributed by atoms with Crippen molar-refractivity contribution in [2.75, 3.05) is 5.32 Å². The maximum Gasteiger partial charge on any atom is 0.306 e. The van der Waals surface area contributed by atoms with E-state index in [1.54, 1.807) is 20.8 Å². The van der Waals surface area contributed by atoms with Crippen LogP contribution in [0.3, 0.4) is 0 Å². The van der Waals surface area contributed by atoms with Gasteiger partial charge in [0, 0.05) is 18.2 Å². The molecular weight excluding hydrogens is 320 g/mol. The van der Waals surface area contributed by atoms with E-state index in [1.807, 2.05) is 0 Å². The molecule has 2 N–H and O–H groups in total. The third kappa shape index (κ3) is 5.99. The number of ether oxygens (including phenoxy) is 1. The first kappa shape index (κ1) is 19.1. The van der Waals surface area contributed by atoms with Crippen LogP contribution in [0.25, 0.3) is 0 Å². The van der Waals surface area contributed by atoms with Gasteiger partial charge < -0.3 is 10.1 Å². The highest BCUT2D eigenvalue weighted by Crippen LogP contribution is 2.15. The fraction of sp³-hybridized carbons (Fsp3) is 0.467. The molecule has 7 nitrogen and oxygen atoms in total. The summed E-state index contributed by atoms with van der Waals surface area (Å²) in [5.41, 5.74) is 0.415. The van der Waals surface area contributed by atoms with Crippen LogP contribution in [0.4, 0.5) is 5.69 Å². The monoisotopic (exact) mass is 342 g/mol. The lowest BCUT2D eigenvalue weighted by Crippen LogP contribution is -2.30. The van der Waals surface area contributed by atoms with Gasteiger partial charge in [-0.25, -0.2) is 13.1 Å². The molecule has 0 spiro atoms. The Hall–Kier alpha value is -1.93. The summed E-state index contributed by atoms with van der Waals surface area (Å²) in [5.74, 6) is -0.948. The lowest BCUT2D eigenvalue weighted by molar-refractivity contribution is -0.152. The van der Waals surface area contributed by atoms with Crippen molar-refractivity contribution in [2.24, 2.45) is 0 Å². The van der Waals surface area contributed by atoms with Crippen LogP contribution in [0.2, 0.25) is 0 Å². The van der Waals surface area contributed by atoms with E-state index in [9.17, 15) is 18.0 Å². The van der Waals surface area contributed by atoms with Gasteiger partial charge in [0.25, 0.3) is 5.91 Å². The van der Waals surface area contributed by atoms with Crippen LogP contribution in [0.5, 0.6) is 0 Å². The first-order valence-corrected chi connectivity index (χ1v) is 8.76. The molecule has 8 heteroatoms. The molecule has 1 rings (SSSR count). The van der Waals surface area contributed by atoms with Gasteiger partial charge in [-0.05, 0) is 45.0 Å². The first-order valence-electron chi connectivity index (χ1n) is 7.28. The Balaban J connectivity index is 2.74. The van der Waals surface area contributed by atoms with Crippen LogP contribution in [-0.4, -0.2) is 32.4 Å². The molecule has 1 atom stereocenters. The molecular formula is C15H22N2O5S. The molecule has 0 saturated heterocycles. The number of benzene rings is 1. The molecule has 0 heterocycles. The normalized spacial score (nSPS) is 12.7. The van der Waals surface area contributed by atoms with Crippen molar-refractivity contribution in [3.63, 3.8) is 0 Å². The van der Waals surface area contributed by atoms with Crippen LogP contribution in [0.15, 0.2) is 29.2 Å². The zero-order valence-corrected chi connectivity index (χ0v) is 14.4. The Bertz CT molecular complexity index is 653. The van der Waals surface area contributed by atoms with Gasteiger partial charge >= 0.3 is 5.97 Å². The zero-order chi connectivity index (χ0) is 17.6. The van der Waals surface area contributed by atoms with E-state index in [0.717, 1.165) is 0 Å². The Labute approximate surface area is 136 Å². The minimum atomic E-state index is -3.57. The number of hydrogen-bond donors (Lipinski definition) is 2. The minimum Gasteiger partial charge on any atom is -0.453 e. The van der Waals surface area contributed by atoms with Gasteiger partial charge in [-0.3, -0.25) is 9.59 Å². The van der Waals surface area contributed by atoms with E-state index in [4.69, 9.17) is 4.74 Å². The third-order valence-corrected chi connectivity index (χ3v) is 4.46. The number of esters is 1. The van der Waals surface area contributed by atoms with Gasteiger partial charge in [-0.15, -0.1) is 0 Å². The maximum absolute atomic E-state index is 12.0. The largest absolute Gasteiger partial charge is 0.453 e. The summed E-state index contributed by atoms with van der Waals surface area (Å²) in [6.45, 7) is 6.56. The Morgan fingerprint density at radius 1 is 1.13 bits per heavy atom. The molecule has 1 amide bonds. The van der Waals surface area contributed by atoms with Crippen molar-refractivity contribution in [1.82, 2.24) is 4.72 Å². The second-order valence-electron chi connectivity index (χ2n) is 5.28. The molecule has 1 aromatic carbocycles. The number of nitrogens with one attached hydrogen (secondary N) is 2. The number of carbonyl (C=O) groups is 2. The van der Waals surface area contributed by atoms with Crippen molar-refractivity contribution in [2.45, 2.75) is 51.2 Å². The SMILES string of the molecule is CCC(=O)O[C@H](C)C(=O)Nc1ccc(S(=O)(=O)NC(C)C)cc1. The molecule has 1 aromatic rings. The minimum absolute atomic E-state index is 0.106. The highest BCUT2D eigenvalue weighted by molar-refractivity contribution is 7.89. The fourth-order valence-electron chi connectivity index (χ4n) is 1.67. The van der Waals surface area contributed by atoms with E-state index in [0.29, 0.717) is 5.69 Å². The quantitative estimate of drug-likeness (QED) is 0.734. The molecule has 0 aliphatic heterocycles. The number of anilines is 1. The van der Waals surface area contributed by atoms with Crippen molar-refractivity contribution in [1.29, 1.82) is 0 Å². The van der Waals surface area contributed by atoms with Crippen molar-refractivity contribution in [3.05, 3.63) is 24.3 Å². The zero-order valence-electron chi connectivity index (χ0n) is 13.6. The molecule has 23 heavy (non-hydrogen) atoms. The topological polar surface area (TPSA) is 102 Å². The van der Waals surface area contributed by atoms with Crippen LogP contribution >= 0.6 is 0 Å². The average Bonchev–Trinajstić information content (AvgIpc) is 2.46. The lowest BCUT2D eigenvalue weighted by atomic mass is 10.3. The Morgan fingerprint density at radius 2 is 1.70 bits per heavy atom. The summed E-state index contributed by atoms with van der Waals surface area (Å²) < 4.78 is 31.3. The molecule has 0 aliphatic carbocycles. The summed E-state index contributed by atoms with van der Waals surface area (Å²) in [5, 5.41) is 2.56. The third-order valence-electron chi connectivity index (χ3n) is 2.79. The van der Waals surface area contributed by atoms with Crippen LogP contribution in [0.1, 0.15) is 34.1 Å². The van der Waals surface area contributed by atoms with Gasteiger partial charge in [0.1, 0.15) is 0 Å². The molecule has 0 aliphatic rings. The average molecular weight is 342 g/mol. The van der Waals surface area contributed by atoms with Crippen molar-refractivity contribution in [3.8, 4) is 0 Å². The highest BCUT2D eigenvalue weighted by Gasteiger charge is 2.18. The molecule has 128 valence electrons. The predicted octanol–water partition coefficient (Wildman–Crippen LogP) is 1.65. The standard InChI is InChI=1S/C15H22N2O5S/c1-5-14(18)22-11(4)15(19)16-12-6-8-13(9-7-12)23(20,21)17-10(2)3/h6-11,17H,5H2,1-4H3,(H,16,19)/t11-/m1/s1. The number of hydrogen-bond acceptors (Lipinski definition) is 5. The van der Waals surface area contributed by atoms with Crippen LogP contribution in [0, 0.1) is 0 Å². The molecule has 0 radical (unpaired) electrons. The number of sulfonamides is 1. The van der Waals surface area contributed by atoms with E-state index in [2.05, 4.69) is 10.0 Å². The van der Waals surface area contributed by atoms with Gasteiger partial charge in [0.15, 0.2) is 6.10 Å². The van der Waals surface area contributed by atoms with Crippen molar-refractivity contribution >= 4 is 27.6 Å². The molecule has 0 aromatic heterocycles. The molecule has 0 saturated carbocycles. The van der Waals surface area contributed by atoms with E-state index >= 15 is 0 Å². The van der Waals surface area contributed by atoms with Gasteiger partial charge in [-0.2, -0.15) is 0 Å². The summed E-state index contributed by atoms with van der Waals surface area (Å²) in [6, 6.07) is 5.52. The van der Waals surface area contributed by atoms with E-state index in [-0.39, 0.29) is 17.4 Å². The van der Waals surface area contributed by atoms with Crippen LogP contribution < -0.4 is 10.0 Å². The van der Waals surface area contributed by atoms with Crippen LogP contribution in [-0.2, 0) is 24.3 Å². The second-order valence-corrected chi connectivity index (χ2v) is 6.99.